The van der Waals surface area contributed by atoms with Gasteiger partial charge in [0.05, 0.1) is 12.8 Å². The summed E-state index contributed by atoms with van der Waals surface area (Å²) in [7, 11) is 1.62. The van der Waals surface area contributed by atoms with E-state index < -0.39 is 0 Å². The van der Waals surface area contributed by atoms with Crippen LogP contribution in [0, 0.1) is 6.92 Å². The molecule has 4 aromatic rings. The number of anilines is 1. The van der Waals surface area contributed by atoms with E-state index in [2.05, 4.69) is 5.32 Å². The predicted molar refractivity (Wildman–Crippen MR) is 142 cm³/mol. The maximum atomic E-state index is 13.2. The number of amides is 2. The monoisotopic (exact) mass is 482 g/mol. The molecule has 0 unspecified atom stereocenters. The number of aromatic nitrogens is 2. The molecule has 7 heteroatoms. The van der Waals surface area contributed by atoms with Gasteiger partial charge < -0.3 is 9.64 Å². The molecule has 7 nitrogen and oxygen atoms in total. The third-order valence-corrected chi connectivity index (χ3v) is 5.95. The number of rotatable bonds is 8. The van der Waals surface area contributed by atoms with Crippen LogP contribution in [0.25, 0.3) is 16.9 Å². The van der Waals surface area contributed by atoms with Crippen molar-refractivity contribution in [3.63, 3.8) is 0 Å². The first kappa shape index (κ1) is 24.7. The van der Waals surface area contributed by atoms with Crippen LogP contribution in [0.3, 0.4) is 0 Å². The van der Waals surface area contributed by atoms with Gasteiger partial charge in [-0.1, -0.05) is 36.4 Å². The lowest BCUT2D eigenvalue weighted by Gasteiger charge is -2.26. The minimum absolute atomic E-state index is 0.0929. The second-order valence-electron chi connectivity index (χ2n) is 8.77. The van der Waals surface area contributed by atoms with E-state index in [0.29, 0.717) is 17.2 Å². The Kier molecular flexibility index (Phi) is 7.49. The quantitative estimate of drug-likeness (QED) is 0.368. The smallest absolute Gasteiger partial charge is 0.254 e. The molecule has 3 aromatic carbocycles. The lowest BCUT2D eigenvalue weighted by atomic mass is 10.1. The molecule has 0 aliphatic carbocycles. The molecule has 0 aliphatic heterocycles. The maximum absolute atomic E-state index is 13.2. The normalized spacial score (nSPS) is 10.8. The first-order valence-corrected chi connectivity index (χ1v) is 11.8. The Labute approximate surface area is 211 Å². The van der Waals surface area contributed by atoms with Gasteiger partial charge in [-0.05, 0) is 68.8 Å². The summed E-state index contributed by atoms with van der Waals surface area (Å²) >= 11 is 0. The van der Waals surface area contributed by atoms with Crippen molar-refractivity contribution in [1.29, 1.82) is 0 Å². The number of carbonyl (C=O) groups excluding carboxylic acids is 2. The molecule has 4 rings (SSSR count). The summed E-state index contributed by atoms with van der Waals surface area (Å²) in [4.78, 5) is 32.7. The Bertz CT molecular complexity index is 1340. The van der Waals surface area contributed by atoms with Crippen LogP contribution in [0.1, 0.15) is 29.8 Å². The molecule has 0 bridgehead atoms. The summed E-state index contributed by atoms with van der Waals surface area (Å²) in [5.41, 5.74) is 3.91. The van der Waals surface area contributed by atoms with E-state index in [9.17, 15) is 9.59 Å². The van der Waals surface area contributed by atoms with Gasteiger partial charge >= 0.3 is 0 Å². The second-order valence-corrected chi connectivity index (χ2v) is 8.77. The summed E-state index contributed by atoms with van der Waals surface area (Å²) in [6.45, 7) is 5.60. The van der Waals surface area contributed by atoms with E-state index in [1.54, 1.807) is 18.1 Å². The van der Waals surface area contributed by atoms with Crippen molar-refractivity contribution in [2.24, 2.45) is 0 Å². The van der Waals surface area contributed by atoms with Crippen LogP contribution < -0.4 is 10.1 Å². The topological polar surface area (TPSA) is 76.5 Å². The van der Waals surface area contributed by atoms with E-state index in [4.69, 9.17) is 9.72 Å². The molecule has 0 fully saturated rings. The van der Waals surface area contributed by atoms with Gasteiger partial charge in [-0.2, -0.15) is 0 Å². The van der Waals surface area contributed by atoms with Gasteiger partial charge in [0.2, 0.25) is 11.9 Å². The zero-order chi connectivity index (χ0) is 25.7. The molecule has 1 aromatic heterocycles. The van der Waals surface area contributed by atoms with E-state index >= 15 is 0 Å². The minimum Gasteiger partial charge on any atom is -0.497 e. The Hall–Kier alpha value is -4.39. The van der Waals surface area contributed by atoms with Crippen LogP contribution in [-0.2, 0) is 4.79 Å². The molecule has 0 spiro atoms. The number of aryl methyl sites for hydroxylation is 1. The van der Waals surface area contributed by atoms with Crippen molar-refractivity contribution in [2.45, 2.75) is 26.8 Å². The number of ether oxygens (including phenoxy) is 1. The molecular weight excluding hydrogens is 452 g/mol. The first-order chi connectivity index (χ1) is 17.4. The molecule has 0 radical (unpaired) electrons. The van der Waals surface area contributed by atoms with Crippen molar-refractivity contribution in [2.75, 3.05) is 19.0 Å². The summed E-state index contributed by atoms with van der Waals surface area (Å²) in [6.07, 6.45) is 1.88. The van der Waals surface area contributed by atoms with Crippen LogP contribution in [0.4, 0.5) is 5.95 Å². The predicted octanol–water partition coefficient (Wildman–Crippen LogP) is 5.35. The second kappa shape index (κ2) is 10.9. The van der Waals surface area contributed by atoms with Crippen LogP contribution >= 0.6 is 0 Å². The van der Waals surface area contributed by atoms with Gasteiger partial charge in [0, 0.05) is 29.1 Å². The van der Waals surface area contributed by atoms with E-state index in [1.165, 1.54) is 0 Å². The van der Waals surface area contributed by atoms with Crippen molar-refractivity contribution < 1.29 is 14.3 Å². The summed E-state index contributed by atoms with van der Waals surface area (Å²) in [6, 6.07) is 24.5. The Morgan fingerprint density at radius 1 is 0.972 bits per heavy atom. The molecule has 0 atom stereocenters. The van der Waals surface area contributed by atoms with Crippen molar-refractivity contribution in [1.82, 2.24) is 14.5 Å². The Balaban J connectivity index is 1.61. The van der Waals surface area contributed by atoms with E-state index in [1.807, 2.05) is 104 Å². The summed E-state index contributed by atoms with van der Waals surface area (Å²) in [5.74, 6) is 0.629. The number of hydrogen-bond acceptors (Lipinski definition) is 4. The van der Waals surface area contributed by atoms with Crippen LogP contribution in [0.5, 0.6) is 5.75 Å². The third-order valence-electron chi connectivity index (χ3n) is 5.95. The zero-order valence-corrected chi connectivity index (χ0v) is 20.9. The highest BCUT2D eigenvalue weighted by Crippen LogP contribution is 2.26. The SMILES string of the molecule is COc1ccc(-c2cn(-c3ccccc3)c(NC(=O)CN(C(=O)c3ccccc3C)C(C)C)n2)cc1. The molecule has 0 saturated carbocycles. The van der Waals surface area contributed by atoms with E-state index in [0.717, 1.165) is 22.6 Å². The van der Waals surface area contributed by atoms with Crippen LogP contribution in [-0.4, -0.2) is 46.0 Å². The molecule has 2 amide bonds. The zero-order valence-electron chi connectivity index (χ0n) is 20.9. The van der Waals surface area contributed by atoms with E-state index in [-0.39, 0.29) is 24.4 Å². The molecule has 0 aliphatic rings. The van der Waals surface area contributed by atoms with Gasteiger partial charge in [-0.3, -0.25) is 19.5 Å². The molecule has 0 saturated heterocycles. The number of para-hydroxylation sites is 1. The molecule has 1 N–H and O–H groups in total. The molecular formula is C29H30N4O3. The number of nitrogens with one attached hydrogen (secondary N) is 1. The van der Waals surface area contributed by atoms with Gasteiger partial charge in [0.1, 0.15) is 12.3 Å². The average molecular weight is 483 g/mol. The van der Waals surface area contributed by atoms with Gasteiger partial charge in [0.15, 0.2) is 0 Å². The highest BCUT2D eigenvalue weighted by molar-refractivity contribution is 6.00. The Morgan fingerprint density at radius 3 is 2.28 bits per heavy atom. The molecule has 36 heavy (non-hydrogen) atoms. The highest BCUT2D eigenvalue weighted by Gasteiger charge is 2.24. The van der Waals surface area contributed by atoms with Gasteiger partial charge in [0.25, 0.3) is 5.91 Å². The van der Waals surface area contributed by atoms with Crippen molar-refractivity contribution in [3.8, 4) is 22.7 Å². The Morgan fingerprint density at radius 2 is 1.64 bits per heavy atom. The van der Waals surface area contributed by atoms with Crippen LogP contribution in [0.2, 0.25) is 0 Å². The van der Waals surface area contributed by atoms with Crippen LogP contribution in [0.15, 0.2) is 85.1 Å². The standard InChI is InChI=1S/C29H30N4O3/c1-20(2)32(28(35)25-13-9-8-10-21(25)3)19-27(34)31-29-30-26(22-14-16-24(36-4)17-15-22)18-33(29)23-11-6-5-7-12-23/h5-18,20H,19H2,1-4H3,(H,30,31,34). The fourth-order valence-electron chi connectivity index (χ4n) is 3.93. The molecule has 1 heterocycles. The molecule has 184 valence electrons. The first-order valence-electron chi connectivity index (χ1n) is 11.8. The number of hydrogen-bond donors (Lipinski definition) is 1. The number of imidazole rings is 1. The fraction of sp³-hybridized carbons (Fsp3) is 0.207. The van der Waals surface area contributed by atoms with Gasteiger partial charge in [-0.25, -0.2) is 4.98 Å². The lowest BCUT2D eigenvalue weighted by Crippen LogP contribution is -2.42. The minimum atomic E-state index is -0.324. The number of methoxy groups -OCH3 is 1. The summed E-state index contributed by atoms with van der Waals surface area (Å²) < 4.78 is 7.09. The highest BCUT2D eigenvalue weighted by atomic mass is 16.5. The average Bonchev–Trinajstić information content (AvgIpc) is 3.31. The number of nitrogens with zero attached hydrogens (tertiary/aromatic N) is 3. The van der Waals surface area contributed by atoms with Gasteiger partial charge in [-0.15, -0.1) is 0 Å². The summed E-state index contributed by atoms with van der Waals surface area (Å²) in [5, 5.41) is 2.92. The van der Waals surface area contributed by atoms with Crippen molar-refractivity contribution >= 4 is 17.8 Å². The number of carbonyl (C=O) groups is 2. The van der Waals surface area contributed by atoms with Crippen molar-refractivity contribution in [3.05, 3.63) is 96.2 Å². The third kappa shape index (κ3) is 5.46. The largest absolute Gasteiger partial charge is 0.497 e. The number of benzene rings is 3. The fourth-order valence-corrected chi connectivity index (χ4v) is 3.93. The maximum Gasteiger partial charge on any atom is 0.254 e. The lowest BCUT2D eigenvalue weighted by molar-refractivity contribution is -0.117.